The second kappa shape index (κ2) is 32.7. The number of carboxylic acid groups (broad SMARTS) is 2. The first-order valence-electron chi connectivity index (χ1n) is 26.3. The van der Waals surface area contributed by atoms with Crippen LogP contribution in [-0.4, -0.2) is 142 Å². The van der Waals surface area contributed by atoms with Crippen molar-refractivity contribution >= 4 is 59.2 Å². The van der Waals surface area contributed by atoms with Gasteiger partial charge in [-0.2, -0.15) is 0 Å². The molecule has 0 saturated carbocycles. The molecule has 0 unspecified atom stereocenters. The average Bonchev–Trinajstić information content (AvgIpc) is 3.77. The van der Waals surface area contributed by atoms with E-state index in [0.717, 1.165) is 0 Å². The molecule has 73 heavy (non-hydrogen) atoms. The number of unbranched alkanes of at least 4 members (excludes halogenated alkanes) is 1. The Morgan fingerprint density at radius 3 is 1.27 bits per heavy atom. The Morgan fingerprint density at radius 1 is 0.507 bits per heavy atom. The molecule has 1 rings (SSSR count). The lowest BCUT2D eigenvalue weighted by Crippen LogP contribution is -2.61. The number of carbonyl (C=O) groups is 10. The lowest BCUT2D eigenvalue weighted by atomic mass is 9.98. The van der Waals surface area contributed by atoms with Crippen LogP contribution >= 0.6 is 0 Å². The monoisotopic (exact) mass is 1040 g/mol. The molecule has 8 amide bonds. The van der Waals surface area contributed by atoms with Gasteiger partial charge >= 0.3 is 11.9 Å². The van der Waals surface area contributed by atoms with Crippen molar-refractivity contribution in [3.05, 3.63) is 0 Å². The van der Waals surface area contributed by atoms with Crippen LogP contribution in [0.4, 0.5) is 0 Å². The third-order valence-corrected chi connectivity index (χ3v) is 12.3. The number of amides is 8. The second-order valence-corrected chi connectivity index (χ2v) is 22.1. The van der Waals surface area contributed by atoms with E-state index in [0.29, 0.717) is 32.2 Å². The maximum absolute atomic E-state index is 14.4. The average molecular weight is 1040 g/mol. The molecule has 0 bridgehead atoms. The highest BCUT2D eigenvalue weighted by Crippen LogP contribution is 2.22. The third kappa shape index (κ3) is 24.5. The number of hydrogen-bond donors (Lipinski definition) is 11. The minimum Gasteiger partial charge on any atom is -0.481 e. The summed E-state index contributed by atoms with van der Waals surface area (Å²) in [7, 11) is 0. The van der Waals surface area contributed by atoms with Crippen LogP contribution in [0.3, 0.4) is 0 Å². The lowest BCUT2D eigenvalue weighted by molar-refractivity contribution is -0.144. The van der Waals surface area contributed by atoms with Gasteiger partial charge in [0.25, 0.3) is 0 Å². The fraction of sp³-hybridized carbons (Fsp3) is 0.804. The minimum absolute atomic E-state index is 0.0411. The molecular weight excluding hydrogens is 945 g/mol. The molecule has 22 nitrogen and oxygen atoms in total. The van der Waals surface area contributed by atoms with E-state index in [1.165, 1.54) is 4.90 Å². The van der Waals surface area contributed by atoms with Gasteiger partial charge in [-0.3, -0.25) is 43.2 Å². The van der Waals surface area contributed by atoms with Gasteiger partial charge in [0.2, 0.25) is 47.3 Å². The highest BCUT2D eigenvalue weighted by molar-refractivity contribution is 5.98. The molecule has 22 heteroatoms. The minimum atomic E-state index is -1.44. The number of nitrogens with two attached hydrogens (primary N) is 2. The summed E-state index contributed by atoms with van der Waals surface area (Å²) < 4.78 is 0. The molecule has 0 aromatic carbocycles. The van der Waals surface area contributed by atoms with Crippen molar-refractivity contribution in [2.45, 2.75) is 215 Å². The summed E-state index contributed by atoms with van der Waals surface area (Å²) in [4.78, 5) is 136. The smallest absolute Gasteiger partial charge is 0.326 e. The lowest BCUT2D eigenvalue weighted by Gasteiger charge is -2.32. The van der Waals surface area contributed by atoms with Gasteiger partial charge in [-0.05, 0) is 106 Å². The Kier molecular flexibility index (Phi) is 29.4. The second-order valence-electron chi connectivity index (χ2n) is 22.1. The molecular formula is C51H92N10O12. The van der Waals surface area contributed by atoms with Gasteiger partial charge in [-0.25, -0.2) is 4.79 Å². The van der Waals surface area contributed by atoms with Gasteiger partial charge in [0, 0.05) is 13.0 Å². The molecule has 0 radical (unpaired) electrons. The SMILES string of the molecule is CC(C)C[C@H](NC(=O)[C@H](CC(C)C)NC(=O)[C@H](CC(C)C)NC(=O)[C@@H](NC(=O)[C@@H]1CCCN1C(=O)[C@H](CCC(=O)O)NC(=O)[C@H](CC(C)C)NC(=O)[C@H](CC(C)C)NC(=O)[C@@H](N)CCCCN)C(C)C)C(=O)O. The maximum Gasteiger partial charge on any atom is 0.326 e. The number of carboxylic acids is 2. The van der Waals surface area contributed by atoms with E-state index in [1.54, 1.807) is 13.8 Å². The molecule has 9 atom stereocenters. The van der Waals surface area contributed by atoms with Gasteiger partial charge in [-0.1, -0.05) is 89.5 Å². The number of carbonyl (C=O) groups excluding carboxylic acids is 8. The summed E-state index contributed by atoms with van der Waals surface area (Å²) in [6, 6.07) is -10.4. The van der Waals surface area contributed by atoms with Gasteiger partial charge in [0.1, 0.15) is 48.3 Å². The molecule has 418 valence electrons. The molecule has 0 aromatic heterocycles. The topological polar surface area (TPSA) is 351 Å². The molecule has 1 fully saturated rings. The molecule has 1 heterocycles. The van der Waals surface area contributed by atoms with Crippen molar-refractivity contribution in [2.75, 3.05) is 13.1 Å². The van der Waals surface area contributed by atoms with Crippen LogP contribution in [-0.2, 0) is 47.9 Å². The zero-order valence-electron chi connectivity index (χ0n) is 45.6. The van der Waals surface area contributed by atoms with E-state index in [2.05, 4.69) is 37.2 Å². The highest BCUT2D eigenvalue weighted by Gasteiger charge is 2.41. The Labute approximate surface area is 432 Å². The van der Waals surface area contributed by atoms with Crippen LogP contribution in [0, 0.1) is 35.5 Å². The molecule has 1 saturated heterocycles. The summed E-state index contributed by atoms with van der Waals surface area (Å²) in [6.07, 6.45) is 2.15. The van der Waals surface area contributed by atoms with Crippen LogP contribution in [0.5, 0.6) is 0 Å². The zero-order chi connectivity index (χ0) is 55.9. The van der Waals surface area contributed by atoms with E-state index in [4.69, 9.17) is 11.5 Å². The van der Waals surface area contributed by atoms with E-state index in [-0.39, 0.29) is 81.1 Å². The number of likely N-dealkylation sites (tertiary alicyclic amines) is 1. The molecule has 1 aliphatic rings. The molecule has 13 N–H and O–H groups in total. The van der Waals surface area contributed by atoms with Crippen LogP contribution in [0.2, 0.25) is 0 Å². The Bertz CT molecular complexity index is 1840. The number of hydrogen-bond acceptors (Lipinski definition) is 12. The van der Waals surface area contributed by atoms with Crippen LogP contribution < -0.4 is 48.7 Å². The van der Waals surface area contributed by atoms with Gasteiger partial charge in [0.15, 0.2) is 0 Å². The van der Waals surface area contributed by atoms with Crippen LogP contribution in [0.1, 0.15) is 160 Å². The van der Waals surface area contributed by atoms with Crippen molar-refractivity contribution in [1.29, 1.82) is 0 Å². The predicted octanol–water partition coefficient (Wildman–Crippen LogP) is 1.66. The molecule has 0 spiro atoms. The normalized spacial score (nSPS) is 17.0. The van der Waals surface area contributed by atoms with E-state index < -0.39 is 126 Å². The number of rotatable bonds is 34. The standard InChI is InChI=1S/C51H92N10O12/c1-27(2)22-35(55-43(64)33(53)16-13-14-20-52)45(66)56-36(23-28(3)4)44(65)54-34(18-19-41(62)63)50(71)61-21-15-17-40(61)48(69)60-42(32(11)12)49(70)58-38(25-30(7)8)46(67)57-37(24-29(5)6)47(68)59-39(51(72)73)26-31(9)10/h27-40,42H,13-26,52-53H2,1-12H3,(H,54,65)(H,55,64)(H,56,66)(H,57,67)(H,58,70)(H,59,68)(H,60,69)(H,62,63)(H,72,73)/t33-,34-,35-,36-,37-,38-,39-,40-,42-/m0/s1. The van der Waals surface area contributed by atoms with Crippen molar-refractivity contribution in [1.82, 2.24) is 42.1 Å². The number of aliphatic carboxylic acids is 2. The summed E-state index contributed by atoms with van der Waals surface area (Å²) in [5.41, 5.74) is 11.7. The maximum atomic E-state index is 14.4. The van der Waals surface area contributed by atoms with E-state index >= 15 is 0 Å². The fourth-order valence-electron chi connectivity index (χ4n) is 8.59. The van der Waals surface area contributed by atoms with Crippen molar-refractivity contribution in [3.63, 3.8) is 0 Å². The van der Waals surface area contributed by atoms with Gasteiger partial charge in [0.05, 0.1) is 6.04 Å². The first-order chi connectivity index (χ1) is 34.0. The fourth-order valence-corrected chi connectivity index (χ4v) is 8.59. The number of nitrogens with zero attached hydrogens (tertiary/aromatic N) is 1. The summed E-state index contributed by atoms with van der Waals surface area (Å²) in [5.74, 6) is -8.89. The third-order valence-electron chi connectivity index (χ3n) is 12.3. The molecule has 1 aliphatic heterocycles. The molecule has 0 aliphatic carbocycles. The Hall–Kier alpha value is -5.38. The van der Waals surface area contributed by atoms with Crippen LogP contribution in [0.15, 0.2) is 0 Å². The first kappa shape index (κ1) is 65.6. The van der Waals surface area contributed by atoms with E-state index in [9.17, 15) is 58.2 Å². The van der Waals surface area contributed by atoms with Crippen molar-refractivity contribution < 1.29 is 58.2 Å². The number of nitrogens with one attached hydrogen (secondary N) is 7. The largest absolute Gasteiger partial charge is 0.481 e. The summed E-state index contributed by atoms with van der Waals surface area (Å²) in [6.45, 7) is 22.3. The first-order valence-corrected chi connectivity index (χ1v) is 26.3. The predicted molar refractivity (Wildman–Crippen MR) is 276 cm³/mol. The Morgan fingerprint density at radius 2 is 0.890 bits per heavy atom. The van der Waals surface area contributed by atoms with Crippen LogP contribution in [0.25, 0.3) is 0 Å². The van der Waals surface area contributed by atoms with Crippen molar-refractivity contribution in [2.24, 2.45) is 47.0 Å². The highest BCUT2D eigenvalue weighted by atomic mass is 16.4. The van der Waals surface area contributed by atoms with E-state index in [1.807, 2.05) is 69.2 Å². The van der Waals surface area contributed by atoms with Gasteiger partial charge < -0.3 is 63.8 Å². The quantitative estimate of drug-likeness (QED) is 0.0409. The zero-order valence-corrected chi connectivity index (χ0v) is 45.6. The summed E-state index contributed by atoms with van der Waals surface area (Å²) in [5, 5.41) is 38.3. The van der Waals surface area contributed by atoms with Crippen molar-refractivity contribution in [3.8, 4) is 0 Å². The van der Waals surface area contributed by atoms with Gasteiger partial charge in [-0.15, -0.1) is 0 Å². The molecule has 0 aromatic rings. The summed E-state index contributed by atoms with van der Waals surface area (Å²) >= 11 is 0. The Balaban J connectivity index is 3.40.